The van der Waals surface area contributed by atoms with Crippen LogP contribution in [0.1, 0.15) is 18.2 Å². The summed E-state index contributed by atoms with van der Waals surface area (Å²) in [6.07, 6.45) is 2.84. The molecule has 0 saturated heterocycles. The van der Waals surface area contributed by atoms with Crippen LogP contribution in [0.25, 0.3) is 0 Å². The normalized spacial score (nSPS) is 11.3. The third-order valence-corrected chi connectivity index (χ3v) is 3.83. The monoisotopic (exact) mass is 309 g/mol. The minimum atomic E-state index is -3.19. The summed E-state index contributed by atoms with van der Waals surface area (Å²) in [5, 5.41) is 7.80. The first-order valence-electron chi connectivity index (χ1n) is 6.16. The van der Waals surface area contributed by atoms with Crippen molar-refractivity contribution in [3.8, 4) is 0 Å². The molecule has 0 saturated carbocycles. The lowest BCUT2D eigenvalue weighted by Crippen LogP contribution is -2.02. The number of ether oxygens (including phenoxy) is 1. The Morgan fingerprint density at radius 3 is 2.52 bits per heavy atom. The highest BCUT2D eigenvalue weighted by atomic mass is 32.2. The van der Waals surface area contributed by atoms with Gasteiger partial charge < -0.3 is 4.74 Å². The van der Waals surface area contributed by atoms with E-state index in [1.54, 1.807) is 35.1 Å². The van der Waals surface area contributed by atoms with E-state index in [1.165, 1.54) is 13.2 Å². The summed E-state index contributed by atoms with van der Waals surface area (Å²) in [4.78, 5) is 11.0. The maximum atomic E-state index is 11.4. The molecule has 0 radical (unpaired) electrons. The molecule has 0 atom stereocenters. The minimum absolute atomic E-state index is 0.0857. The molecule has 0 aliphatic carbocycles. The maximum Gasteiger partial charge on any atom is 0.303 e. The summed E-state index contributed by atoms with van der Waals surface area (Å²) >= 11 is 0. The molecule has 0 N–H and O–H groups in total. The van der Waals surface area contributed by atoms with Gasteiger partial charge in [-0.2, -0.15) is 0 Å². The highest BCUT2D eigenvalue weighted by Gasteiger charge is 2.07. The molecule has 0 aliphatic heterocycles. The van der Waals surface area contributed by atoms with Gasteiger partial charge in [-0.15, -0.1) is 5.10 Å². The standard InChI is InChI=1S/C13H15N3O4S/c1-10(17)20-9-12-8-16(15-14-12)7-11-3-5-13(6-4-11)21(2,18)19/h3-6,8H,7,9H2,1-2H3. The fourth-order valence-electron chi connectivity index (χ4n) is 1.69. The second-order valence-electron chi connectivity index (χ2n) is 4.60. The Balaban J connectivity index is 2.03. The molecular formula is C13H15N3O4S. The van der Waals surface area contributed by atoms with E-state index in [2.05, 4.69) is 10.3 Å². The first-order valence-corrected chi connectivity index (χ1v) is 8.05. The van der Waals surface area contributed by atoms with E-state index in [0.717, 1.165) is 5.56 Å². The van der Waals surface area contributed by atoms with E-state index in [9.17, 15) is 13.2 Å². The Kier molecular flexibility index (Phi) is 4.37. The number of nitrogens with zero attached hydrogens (tertiary/aromatic N) is 3. The van der Waals surface area contributed by atoms with E-state index in [0.29, 0.717) is 12.2 Å². The van der Waals surface area contributed by atoms with Crippen LogP contribution < -0.4 is 0 Å². The lowest BCUT2D eigenvalue weighted by atomic mass is 10.2. The summed E-state index contributed by atoms with van der Waals surface area (Å²) in [5.41, 5.74) is 1.45. The van der Waals surface area contributed by atoms with Crippen molar-refractivity contribution < 1.29 is 17.9 Å². The average Bonchev–Trinajstić information content (AvgIpc) is 2.83. The van der Waals surface area contributed by atoms with Crippen LogP contribution in [0.2, 0.25) is 0 Å². The van der Waals surface area contributed by atoms with E-state index in [1.807, 2.05) is 0 Å². The van der Waals surface area contributed by atoms with Crippen molar-refractivity contribution in [1.29, 1.82) is 0 Å². The quantitative estimate of drug-likeness (QED) is 0.758. The number of sulfone groups is 1. The topological polar surface area (TPSA) is 91.2 Å². The van der Waals surface area contributed by atoms with Gasteiger partial charge in [-0.25, -0.2) is 13.1 Å². The Morgan fingerprint density at radius 2 is 1.95 bits per heavy atom. The number of benzene rings is 1. The fraction of sp³-hybridized carbons (Fsp3) is 0.308. The smallest absolute Gasteiger partial charge is 0.303 e. The molecule has 0 bridgehead atoms. The number of hydrogen-bond donors (Lipinski definition) is 0. The van der Waals surface area contributed by atoms with Gasteiger partial charge in [0, 0.05) is 13.2 Å². The molecule has 0 unspecified atom stereocenters. The van der Waals surface area contributed by atoms with Crippen molar-refractivity contribution in [3.05, 3.63) is 41.7 Å². The Hall–Kier alpha value is -2.22. The van der Waals surface area contributed by atoms with Gasteiger partial charge in [0.15, 0.2) is 9.84 Å². The number of hydrogen-bond acceptors (Lipinski definition) is 6. The molecule has 0 aliphatic rings. The van der Waals surface area contributed by atoms with Crippen molar-refractivity contribution in [3.63, 3.8) is 0 Å². The van der Waals surface area contributed by atoms with Gasteiger partial charge in [0.25, 0.3) is 0 Å². The van der Waals surface area contributed by atoms with Crippen LogP contribution >= 0.6 is 0 Å². The van der Waals surface area contributed by atoms with Gasteiger partial charge >= 0.3 is 5.97 Å². The van der Waals surface area contributed by atoms with Crippen LogP contribution in [0.5, 0.6) is 0 Å². The molecule has 2 aromatic rings. The molecule has 0 spiro atoms. The van der Waals surface area contributed by atoms with Crippen molar-refractivity contribution >= 4 is 15.8 Å². The molecule has 112 valence electrons. The summed E-state index contributed by atoms with van der Waals surface area (Å²) < 4.78 is 29.1. The second kappa shape index (κ2) is 6.04. The molecule has 0 fully saturated rings. The van der Waals surface area contributed by atoms with Crippen molar-refractivity contribution in [2.24, 2.45) is 0 Å². The average molecular weight is 309 g/mol. The van der Waals surface area contributed by atoms with Crippen LogP contribution in [-0.2, 0) is 32.5 Å². The lowest BCUT2D eigenvalue weighted by molar-refractivity contribution is -0.142. The first-order chi connectivity index (χ1) is 9.84. The summed E-state index contributed by atoms with van der Waals surface area (Å²) in [6.45, 7) is 1.87. The molecular weight excluding hydrogens is 294 g/mol. The molecule has 7 nitrogen and oxygen atoms in total. The van der Waals surface area contributed by atoms with Gasteiger partial charge in [-0.3, -0.25) is 4.79 Å². The van der Waals surface area contributed by atoms with Gasteiger partial charge in [-0.1, -0.05) is 17.3 Å². The van der Waals surface area contributed by atoms with Crippen molar-refractivity contribution in [1.82, 2.24) is 15.0 Å². The molecule has 8 heteroatoms. The molecule has 2 rings (SSSR count). The molecule has 0 amide bonds. The predicted molar refractivity (Wildman–Crippen MR) is 74.1 cm³/mol. The number of carbonyl (C=O) groups excluding carboxylic acids is 1. The zero-order chi connectivity index (χ0) is 15.5. The second-order valence-corrected chi connectivity index (χ2v) is 6.62. The van der Waals surface area contributed by atoms with E-state index in [4.69, 9.17) is 4.74 Å². The fourth-order valence-corrected chi connectivity index (χ4v) is 2.32. The third-order valence-electron chi connectivity index (χ3n) is 2.71. The van der Waals surface area contributed by atoms with Crippen LogP contribution in [0, 0.1) is 0 Å². The van der Waals surface area contributed by atoms with E-state index < -0.39 is 9.84 Å². The lowest BCUT2D eigenvalue weighted by Gasteiger charge is -2.02. The van der Waals surface area contributed by atoms with Crippen LogP contribution in [-0.4, -0.2) is 35.6 Å². The molecule has 1 heterocycles. The number of aromatic nitrogens is 3. The van der Waals surface area contributed by atoms with Gasteiger partial charge in [0.1, 0.15) is 12.3 Å². The summed E-state index contributed by atoms with van der Waals surface area (Å²) in [7, 11) is -3.19. The Bertz CT molecular complexity index is 735. The SMILES string of the molecule is CC(=O)OCc1cn(Cc2ccc(S(C)(=O)=O)cc2)nn1. The van der Waals surface area contributed by atoms with Crippen LogP contribution in [0.3, 0.4) is 0 Å². The highest BCUT2D eigenvalue weighted by Crippen LogP contribution is 2.11. The van der Waals surface area contributed by atoms with Gasteiger partial charge in [0.05, 0.1) is 17.6 Å². The van der Waals surface area contributed by atoms with Gasteiger partial charge in [0.2, 0.25) is 0 Å². The van der Waals surface area contributed by atoms with E-state index in [-0.39, 0.29) is 17.5 Å². The molecule has 21 heavy (non-hydrogen) atoms. The highest BCUT2D eigenvalue weighted by molar-refractivity contribution is 7.90. The van der Waals surface area contributed by atoms with Crippen molar-refractivity contribution in [2.45, 2.75) is 25.0 Å². The first kappa shape index (κ1) is 15.2. The zero-order valence-corrected chi connectivity index (χ0v) is 12.5. The third kappa shape index (κ3) is 4.38. The van der Waals surface area contributed by atoms with Crippen LogP contribution in [0.4, 0.5) is 0 Å². The summed E-state index contributed by atoms with van der Waals surface area (Å²) in [5.74, 6) is -0.374. The van der Waals surface area contributed by atoms with Crippen LogP contribution in [0.15, 0.2) is 35.4 Å². The van der Waals surface area contributed by atoms with E-state index >= 15 is 0 Å². The Morgan fingerprint density at radius 1 is 1.29 bits per heavy atom. The van der Waals surface area contributed by atoms with Gasteiger partial charge in [-0.05, 0) is 17.7 Å². The van der Waals surface area contributed by atoms with Crippen molar-refractivity contribution in [2.75, 3.05) is 6.26 Å². The minimum Gasteiger partial charge on any atom is -0.459 e. The predicted octanol–water partition coefficient (Wildman–Crippen LogP) is 0.793. The molecule has 1 aromatic carbocycles. The number of esters is 1. The Labute approximate surface area is 122 Å². The number of rotatable bonds is 5. The number of carbonyl (C=O) groups is 1. The maximum absolute atomic E-state index is 11.4. The summed E-state index contributed by atoms with van der Waals surface area (Å²) in [6, 6.07) is 6.57. The zero-order valence-electron chi connectivity index (χ0n) is 11.7. The largest absolute Gasteiger partial charge is 0.459 e. The molecule has 1 aromatic heterocycles.